The van der Waals surface area contributed by atoms with Gasteiger partial charge in [0.1, 0.15) is 0 Å². The van der Waals surface area contributed by atoms with E-state index in [0.717, 1.165) is 16.8 Å². The number of hydrogen-bond acceptors (Lipinski definition) is 2. The molecule has 0 aromatic heterocycles. The largest absolute Gasteiger partial charge is 0.398 e. The van der Waals surface area contributed by atoms with E-state index in [1.165, 1.54) is 5.56 Å². The van der Waals surface area contributed by atoms with E-state index in [2.05, 4.69) is 13.0 Å². The SMILES string of the molecule is Cc1cc(C(C)(C)N)cc(N)c1C. The van der Waals surface area contributed by atoms with Crippen LogP contribution in [0, 0.1) is 13.8 Å². The van der Waals surface area contributed by atoms with Gasteiger partial charge in [0.05, 0.1) is 0 Å². The van der Waals surface area contributed by atoms with Gasteiger partial charge in [0, 0.05) is 11.2 Å². The van der Waals surface area contributed by atoms with Crippen molar-refractivity contribution in [1.29, 1.82) is 0 Å². The first-order valence-corrected chi connectivity index (χ1v) is 4.48. The second-order valence-electron chi connectivity index (χ2n) is 4.23. The van der Waals surface area contributed by atoms with Crippen LogP contribution in [0.3, 0.4) is 0 Å². The molecule has 0 amide bonds. The third kappa shape index (κ3) is 2.01. The van der Waals surface area contributed by atoms with Gasteiger partial charge in [0.15, 0.2) is 0 Å². The molecule has 72 valence electrons. The van der Waals surface area contributed by atoms with Crippen molar-refractivity contribution >= 4 is 5.69 Å². The summed E-state index contributed by atoms with van der Waals surface area (Å²) in [5.41, 5.74) is 15.8. The molecule has 2 nitrogen and oxygen atoms in total. The zero-order valence-electron chi connectivity index (χ0n) is 8.81. The molecular weight excluding hydrogens is 160 g/mol. The molecule has 1 aromatic rings. The van der Waals surface area contributed by atoms with Crippen molar-refractivity contribution in [2.75, 3.05) is 5.73 Å². The number of rotatable bonds is 1. The highest BCUT2D eigenvalue weighted by molar-refractivity contribution is 5.53. The first kappa shape index (κ1) is 10.1. The lowest BCUT2D eigenvalue weighted by Crippen LogP contribution is -2.28. The first-order chi connectivity index (χ1) is 5.82. The van der Waals surface area contributed by atoms with Crippen molar-refractivity contribution in [3.8, 4) is 0 Å². The van der Waals surface area contributed by atoms with E-state index in [-0.39, 0.29) is 5.54 Å². The van der Waals surface area contributed by atoms with Crippen LogP contribution in [-0.4, -0.2) is 0 Å². The molecule has 4 N–H and O–H groups in total. The fourth-order valence-electron chi connectivity index (χ4n) is 1.26. The van der Waals surface area contributed by atoms with Gasteiger partial charge >= 0.3 is 0 Å². The minimum absolute atomic E-state index is 0.313. The third-order valence-corrected chi connectivity index (χ3v) is 2.45. The summed E-state index contributed by atoms with van der Waals surface area (Å²) in [6.07, 6.45) is 0. The highest BCUT2D eigenvalue weighted by Gasteiger charge is 2.15. The van der Waals surface area contributed by atoms with Crippen LogP contribution >= 0.6 is 0 Å². The molecule has 1 aromatic carbocycles. The normalized spacial score (nSPS) is 11.8. The van der Waals surface area contributed by atoms with Gasteiger partial charge in [-0.25, -0.2) is 0 Å². The standard InChI is InChI=1S/C11H18N2/c1-7-5-9(11(3,4)13)6-10(12)8(7)2/h5-6H,12-13H2,1-4H3. The Balaban J connectivity index is 3.29. The number of aryl methyl sites for hydroxylation is 1. The Hall–Kier alpha value is -1.02. The van der Waals surface area contributed by atoms with Crippen molar-refractivity contribution < 1.29 is 0 Å². The molecule has 1 rings (SSSR count). The summed E-state index contributed by atoms with van der Waals surface area (Å²) in [6, 6.07) is 4.06. The third-order valence-electron chi connectivity index (χ3n) is 2.45. The molecule has 13 heavy (non-hydrogen) atoms. The minimum atomic E-state index is -0.313. The van der Waals surface area contributed by atoms with Crippen molar-refractivity contribution in [2.24, 2.45) is 5.73 Å². The van der Waals surface area contributed by atoms with Crippen LogP contribution in [0.4, 0.5) is 5.69 Å². The van der Waals surface area contributed by atoms with E-state index in [9.17, 15) is 0 Å². The van der Waals surface area contributed by atoms with Crippen molar-refractivity contribution in [1.82, 2.24) is 0 Å². The molecule has 0 saturated carbocycles. The highest BCUT2D eigenvalue weighted by Crippen LogP contribution is 2.24. The zero-order valence-corrected chi connectivity index (χ0v) is 8.81. The van der Waals surface area contributed by atoms with Gasteiger partial charge in [-0.15, -0.1) is 0 Å². The molecule has 0 bridgehead atoms. The molecule has 0 spiro atoms. The number of benzene rings is 1. The summed E-state index contributed by atoms with van der Waals surface area (Å²) in [5, 5.41) is 0. The fraction of sp³-hybridized carbons (Fsp3) is 0.455. The van der Waals surface area contributed by atoms with Gasteiger partial charge in [-0.3, -0.25) is 0 Å². The lowest BCUT2D eigenvalue weighted by atomic mass is 9.92. The Kier molecular flexibility index (Phi) is 2.35. The summed E-state index contributed by atoms with van der Waals surface area (Å²) in [7, 11) is 0. The number of anilines is 1. The summed E-state index contributed by atoms with van der Waals surface area (Å²) < 4.78 is 0. The molecule has 2 heteroatoms. The van der Waals surface area contributed by atoms with Crippen LogP contribution < -0.4 is 11.5 Å². The van der Waals surface area contributed by atoms with Gasteiger partial charge in [-0.05, 0) is 50.5 Å². The quantitative estimate of drug-likeness (QED) is 0.647. The van der Waals surface area contributed by atoms with E-state index in [1.807, 2.05) is 26.8 Å². The minimum Gasteiger partial charge on any atom is -0.398 e. The molecule has 0 aliphatic heterocycles. The predicted molar refractivity (Wildman–Crippen MR) is 57.5 cm³/mol. The lowest BCUT2D eigenvalue weighted by molar-refractivity contribution is 0.554. The summed E-state index contributed by atoms with van der Waals surface area (Å²) in [6.45, 7) is 8.05. The Morgan fingerprint density at radius 2 is 1.69 bits per heavy atom. The molecule has 0 aliphatic carbocycles. The van der Waals surface area contributed by atoms with E-state index >= 15 is 0 Å². The Morgan fingerprint density at radius 3 is 2.08 bits per heavy atom. The van der Waals surface area contributed by atoms with Crippen LogP contribution in [0.5, 0.6) is 0 Å². The van der Waals surface area contributed by atoms with Gasteiger partial charge in [-0.2, -0.15) is 0 Å². The van der Waals surface area contributed by atoms with Crippen LogP contribution in [0.1, 0.15) is 30.5 Å². The monoisotopic (exact) mass is 178 g/mol. The van der Waals surface area contributed by atoms with Gasteiger partial charge in [-0.1, -0.05) is 6.07 Å². The van der Waals surface area contributed by atoms with E-state index in [0.29, 0.717) is 0 Å². The van der Waals surface area contributed by atoms with Crippen LogP contribution in [-0.2, 0) is 5.54 Å². The number of hydrogen-bond donors (Lipinski definition) is 2. The van der Waals surface area contributed by atoms with Crippen molar-refractivity contribution in [2.45, 2.75) is 33.2 Å². The molecule has 0 aliphatic rings. The molecule has 0 atom stereocenters. The molecule has 0 radical (unpaired) electrons. The van der Waals surface area contributed by atoms with Gasteiger partial charge in [0.2, 0.25) is 0 Å². The van der Waals surface area contributed by atoms with Crippen LogP contribution in [0.2, 0.25) is 0 Å². The van der Waals surface area contributed by atoms with E-state index in [4.69, 9.17) is 11.5 Å². The molecule has 0 unspecified atom stereocenters. The average molecular weight is 178 g/mol. The first-order valence-electron chi connectivity index (χ1n) is 4.48. The van der Waals surface area contributed by atoms with Crippen LogP contribution in [0.15, 0.2) is 12.1 Å². The second kappa shape index (κ2) is 3.04. The second-order valence-corrected chi connectivity index (χ2v) is 4.23. The molecular formula is C11H18N2. The van der Waals surface area contributed by atoms with Crippen molar-refractivity contribution in [3.05, 3.63) is 28.8 Å². The van der Waals surface area contributed by atoms with E-state index < -0.39 is 0 Å². The molecule has 0 saturated heterocycles. The number of nitrogen functional groups attached to an aromatic ring is 1. The van der Waals surface area contributed by atoms with E-state index in [1.54, 1.807) is 0 Å². The maximum absolute atomic E-state index is 5.99. The maximum atomic E-state index is 5.99. The Morgan fingerprint density at radius 1 is 1.15 bits per heavy atom. The molecule has 0 heterocycles. The summed E-state index contributed by atoms with van der Waals surface area (Å²) >= 11 is 0. The van der Waals surface area contributed by atoms with Crippen molar-refractivity contribution in [3.63, 3.8) is 0 Å². The predicted octanol–water partition coefficient (Wildman–Crippen LogP) is 2.08. The Bertz CT molecular complexity index is 298. The van der Waals surface area contributed by atoms with Gasteiger partial charge < -0.3 is 11.5 Å². The summed E-state index contributed by atoms with van der Waals surface area (Å²) in [5.74, 6) is 0. The Labute approximate surface area is 79.9 Å². The lowest BCUT2D eigenvalue weighted by Gasteiger charge is -2.21. The average Bonchev–Trinajstić information content (AvgIpc) is 1.97. The highest BCUT2D eigenvalue weighted by atomic mass is 14.7. The zero-order chi connectivity index (χ0) is 10.2. The summed E-state index contributed by atoms with van der Waals surface area (Å²) in [4.78, 5) is 0. The molecule has 0 fully saturated rings. The number of nitrogens with two attached hydrogens (primary N) is 2. The fourth-order valence-corrected chi connectivity index (χ4v) is 1.26. The maximum Gasteiger partial charge on any atom is 0.0353 e. The smallest absolute Gasteiger partial charge is 0.0353 e. The van der Waals surface area contributed by atoms with Gasteiger partial charge in [0.25, 0.3) is 0 Å². The topological polar surface area (TPSA) is 52.0 Å². The van der Waals surface area contributed by atoms with Crippen LogP contribution in [0.25, 0.3) is 0 Å².